The molecule has 212 valence electrons. The van der Waals surface area contributed by atoms with E-state index in [1.165, 1.54) is 141 Å². The molecular formula is C31H64O3S. The molecule has 0 aromatic rings. The third-order valence-electron chi connectivity index (χ3n) is 7.68. The van der Waals surface area contributed by atoms with Crippen molar-refractivity contribution in [1.82, 2.24) is 0 Å². The van der Waals surface area contributed by atoms with Gasteiger partial charge in [0.1, 0.15) is 0 Å². The van der Waals surface area contributed by atoms with Crippen molar-refractivity contribution in [2.45, 2.75) is 199 Å². The molecule has 0 aromatic heterocycles. The van der Waals surface area contributed by atoms with Crippen LogP contribution in [0.2, 0.25) is 0 Å². The van der Waals surface area contributed by atoms with E-state index in [4.69, 9.17) is 0 Å². The first-order chi connectivity index (χ1) is 17.0. The summed E-state index contributed by atoms with van der Waals surface area (Å²) in [7, 11) is -3.89. The Labute approximate surface area is 221 Å². The van der Waals surface area contributed by atoms with Gasteiger partial charge in [-0.2, -0.15) is 8.42 Å². The molecule has 0 fully saturated rings. The van der Waals surface area contributed by atoms with Crippen LogP contribution in [0, 0.1) is 0 Å². The first-order valence-electron chi connectivity index (χ1n) is 16.0. The zero-order chi connectivity index (χ0) is 25.9. The minimum absolute atomic E-state index is 0.538. The lowest BCUT2D eigenvalue weighted by Gasteiger charge is -2.13. The van der Waals surface area contributed by atoms with Crippen LogP contribution in [0.25, 0.3) is 0 Å². The van der Waals surface area contributed by atoms with Crippen LogP contribution in [-0.4, -0.2) is 18.2 Å². The molecule has 0 saturated carbocycles. The van der Waals surface area contributed by atoms with Gasteiger partial charge in [0.25, 0.3) is 10.1 Å². The van der Waals surface area contributed by atoms with Gasteiger partial charge in [-0.1, -0.05) is 181 Å². The van der Waals surface area contributed by atoms with Crippen LogP contribution in [0.4, 0.5) is 0 Å². The highest BCUT2D eigenvalue weighted by Crippen LogP contribution is 2.20. The highest BCUT2D eigenvalue weighted by Gasteiger charge is 2.21. The second-order valence-corrected chi connectivity index (χ2v) is 12.9. The first kappa shape index (κ1) is 34.9. The lowest BCUT2D eigenvalue weighted by atomic mass is 10.0. The fourth-order valence-corrected chi connectivity index (χ4v) is 6.15. The molecule has 0 amide bonds. The van der Waals surface area contributed by atoms with E-state index >= 15 is 0 Å². The average Bonchev–Trinajstić information content (AvgIpc) is 2.82. The van der Waals surface area contributed by atoms with E-state index in [0.717, 1.165) is 25.7 Å². The van der Waals surface area contributed by atoms with Gasteiger partial charge in [0.15, 0.2) is 0 Å². The topological polar surface area (TPSA) is 54.4 Å². The third kappa shape index (κ3) is 26.8. The Morgan fingerprint density at radius 3 is 0.800 bits per heavy atom. The van der Waals surface area contributed by atoms with Gasteiger partial charge in [0.2, 0.25) is 0 Å². The van der Waals surface area contributed by atoms with Gasteiger partial charge in [-0.25, -0.2) is 0 Å². The lowest BCUT2D eigenvalue weighted by molar-refractivity contribution is 0.442. The second kappa shape index (κ2) is 27.0. The number of hydrogen-bond donors (Lipinski definition) is 1. The Morgan fingerprint density at radius 1 is 0.400 bits per heavy atom. The Morgan fingerprint density at radius 2 is 0.600 bits per heavy atom. The molecule has 1 unspecified atom stereocenters. The van der Waals surface area contributed by atoms with Crippen LogP contribution >= 0.6 is 0 Å². The first-order valence-corrected chi connectivity index (χ1v) is 17.5. The fraction of sp³-hybridized carbons (Fsp3) is 1.00. The van der Waals surface area contributed by atoms with Crippen molar-refractivity contribution >= 4 is 10.1 Å². The summed E-state index contributed by atoms with van der Waals surface area (Å²) < 4.78 is 33.1. The molecule has 0 heterocycles. The largest absolute Gasteiger partial charge is 0.285 e. The summed E-state index contributed by atoms with van der Waals surface area (Å²) in [4.78, 5) is 0. The zero-order valence-corrected chi connectivity index (χ0v) is 24.9. The molecule has 0 radical (unpaired) electrons. The number of unbranched alkanes of at least 4 members (excludes halogenated alkanes) is 24. The molecule has 0 aliphatic rings. The molecule has 0 rings (SSSR count). The van der Waals surface area contributed by atoms with E-state index in [1.807, 2.05) is 0 Å². The highest BCUT2D eigenvalue weighted by molar-refractivity contribution is 7.86. The number of hydrogen-bond acceptors (Lipinski definition) is 2. The van der Waals surface area contributed by atoms with Crippen LogP contribution < -0.4 is 0 Å². The van der Waals surface area contributed by atoms with Gasteiger partial charge in [-0.3, -0.25) is 4.55 Å². The van der Waals surface area contributed by atoms with Gasteiger partial charge >= 0.3 is 0 Å². The van der Waals surface area contributed by atoms with Crippen molar-refractivity contribution in [3.05, 3.63) is 0 Å². The maximum Gasteiger partial charge on any atom is 0.267 e. The molecule has 0 spiro atoms. The molecule has 35 heavy (non-hydrogen) atoms. The van der Waals surface area contributed by atoms with Crippen LogP contribution in [0.1, 0.15) is 194 Å². The van der Waals surface area contributed by atoms with E-state index in [-0.39, 0.29) is 0 Å². The number of rotatable bonds is 29. The molecule has 0 aliphatic heterocycles. The van der Waals surface area contributed by atoms with Crippen molar-refractivity contribution in [3.63, 3.8) is 0 Å². The van der Waals surface area contributed by atoms with Gasteiger partial charge in [-0.15, -0.1) is 0 Å². The Balaban J connectivity index is 3.47. The summed E-state index contributed by atoms with van der Waals surface area (Å²) in [5.74, 6) is 0. The van der Waals surface area contributed by atoms with Crippen LogP contribution in [0.15, 0.2) is 0 Å². The molecule has 1 atom stereocenters. The Kier molecular flexibility index (Phi) is 26.9. The van der Waals surface area contributed by atoms with Crippen molar-refractivity contribution in [3.8, 4) is 0 Å². The predicted octanol–water partition coefficient (Wildman–Crippen LogP) is 11.2. The summed E-state index contributed by atoms with van der Waals surface area (Å²) in [5.41, 5.74) is 0. The van der Waals surface area contributed by atoms with E-state index in [1.54, 1.807) is 0 Å². The smallest absolute Gasteiger partial charge is 0.267 e. The van der Waals surface area contributed by atoms with Gasteiger partial charge < -0.3 is 0 Å². The summed E-state index contributed by atoms with van der Waals surface area (Å²) >= 11 is 0. The third-order valence-corrected chi connectivity index (χ3v) is 8.99. The van der Waals surface area contributed by atoms with Crippen LogP contribution in [0.3, 0.4) is 0 Å². The highest BCUT2D eigenvalue weighted by atomic mass is 32.2. The van der Waals surface area contributed by atoms with Crippen molar-refractivity contribution in [1.29, 1.82) is 0 Å². The fourth-order valence-electron chi connectivity index (χ4n) is 5.22. The van der Waals surface area contributed by atoms with E-state index in [9.17, 15) is 13.0 Å². The van der Waals surface area contributed by atoms with Gasteiger partial charge in [-0.05, 0) is 12.8 Å². The Hall–Kier alpha value is -0.0900. The second-order valence-electron chi connectivity index (χ2n) is 11.2. The SMILES string of the molecule is CCCCCCCCCCCCCCCCCCCCC(CCCCCCCCCC)S(=O)(=O)O. The van der Waals surface area contributed by atoms with Gasteiger partial charge in [0.05, 0.1) is 5.25 Å². The van der Waals surface area contributed by atoms with E-state index in [0.29, 0.717) is 12.8 Å². The van der Waals surface area contributed by atoms with E-state index in [2.05, 4.69) is 13.8 Å². The molecule has 3 nitrogen and oxygen atoms in total. The van der Waals surface area contributed by atoms with Crippen molar-refractivity contribution in [2.24, 2.45) is 0 Å². The predicted molar refractivity (Wildman–Crippen MR) is 156 cm³/mol. The summed E-state index contributed by atoms with van der Waals surface area (Å²) in [6.07, 6.45) is 35.1. The summed E-state index contributed by atoms with van der Waals surface area (Å²) in [6.45, 7) is 4.51. The van der Waals surface area contributed by atoms with Gasteiger partial charge in [0, 0.05) is 0 Å². The summed E-state index contributed by atoms with van der Waals surface area (Å²) in [6, 6.07) is 0. The summed E-state index contributed by atoms with van der Waals surface area (Å²) in [5, 5.41) is -0.538. The minimum atomic E-state index is -3.89. The minimum Gasteiger partial charge on any atom is -0.285 e. The molecule has 0 saturated heterocycles. The maximum absolute atomic E-state index is 11.7. The van der Waals surface area contributed by atoms with Crippen molar-refractivity contribution < 1.29 is 13.0 Å². The van der Waals surface area contributed by atoms with Crippen LogP contribution in [-0.2, 0) is 10.1 Å². The van der Waals surface area contributed by atoms with Crippen molar-refractivity contribution in [2.75, 3.05) is 0 Å². The zero-order valence-electron chi connectivity index (χ0n) is 24.0. The average molecular weight is 517 g/mol. The lowest BCUT2D eigenvalue weighted by Crippen LogP contribution is -2.20. The quantitative estimate of drug-likeness (QED) is 0.0794. The van der Waals surface area contributed by atoms with Crippen LogP contribution in [0.5, 0.6) is 0 Å². The standard InChI is InChI=1S/C31H64O3S/c1-3-5-7-9-11-13-14-15-16-17-18-19-20-21-22-24-26-28-30-31(35(32,33)34)29-27-25-23-12-10-8-6-4-2/h31H,3-30H2,1-2H3,(H,32,33,34). The maximum atomic E-state index is 11.7. The molecule has 0 aromatic carbocycles. The normalized spacial score (nSPS) is 12.9. The molecule has 0 bridgehead atoms. The van der Waals surface area contributed by atoms with E-state index < -0.39 is 15.4 Å². The molecular weight excluding hydrogens is 452 g/mol. The molecule has 4 heteroatoms. The molecule has 1 N–H and O–H groups in total. The Bertz CT molecular complexity index is 503. The molecule has 0 aliphatic carbocycles. The monoisotopic (exact) mass is 516 g/mol.